The van der Waals surface area contributed by atoms with Crippen LogP contribution in [0, 0.1) is 0 Å². The topological polar surface area (TPSA) is 64.6 Å². The lowest BCUT2D eigenvalue weighted by Crippen LogP contribution is -2.18. The number of nitrogens with one attached hydrogen (secondary N) is 1. The van der Waals surface area contributed by atoms with Crippen molar-refractivity contribution in [2.24, 2.45) is 0 Å². The van der Waals surface area contributed by atoms with Gasteiger partial charge in [-0.3, -0.25) is 4.79 Å². The standard InChI is InChI=1S/C24H21Cl2NO4/c1-15(2)17-4-3-5-20(12-17)30-14-23(28)31-19-9-6-16(7-10-19)24(29)27-22-13-18(25)8-11-21(22)26/h3-13,15H,14H2,1-2H3,(H,27,29). The van der Waals surface area contributed by atoms with E-state index in [-0.39, 0.29) is 12.5 Å². The largest absolute Gasteiger partial charge is 0.482 e. The van der Waals surface area contributed by atoms with Crippen molar-refractivity contribution >= 4 is 40.8 Å². The molecule has 0 fully saturated rings. The Hall–Kier alpha value is -3.02. The summed E-state index contributed by atoms with van der Waals surface area (Å²) in [6.07, 6.45) is 0. The molecule has 1 N–H and O–H groups in total. The summed E-state index contributed by atoms with van der Waals surface area (Å²) in [4.78, 5) is 24.5. The fourth-order valence-corrected chi connectivity index (χ4v) is 3.07. The molecule has 3 aromatic rings. The Morgan fingerprint density at radius 1 is 0.935 bits per heavy atom. The van der Waals surface area contributed by atoms with Crippen molar-refractivity contribution in [2.75, 3.05) is 11.9 Å². The molecule has 0 atom stereocenters. The van der Waals surface area contributed by atoms with Gasteiger partial charge < -0.3 is 14.8 Å². The van der Waals surface area contributed by atoms with Gasteiger partial charge in [-0.15, -0.1) is 0 Å². The van der Waals surface area contributed by atoms with Crippen molar-refractivity contribution < 1.29 is 19.1 Å². The van der Waals surface area contributed by atoms with Crippen molar-refractivity contribution in [3.8, 4) is 11.5 Å². The summed E-state index contributed by atoms with van der Waals surface area (Å²) in [5, 5.41) is 3.53. The number of hydrogen-bond donors (Lipinski definition) is 1. The summed E-state index contributed by atoms with van der Waals surface area (Å²) in [7, 11) is 0. The summed E-state index contributed by atoms with van der Waals surface area (Å²) in [6, 6.07) is 18.5. The molecule has 3 aromatic carbocycles. The van der Waals surface area contributed by atoms with Crippen molar-refractivity contribution in [3.63, 3.8) is 0 Å². The van der Waals surface area contributed by atoms with Gasteiger partial charge in [-0.05, 0) is 66.1 Å². The molecule has 0 aromatic heterocycles. The van der Waals surface area contributed by atoms with Gasteiger partial charge in [-0.2, -0.15) is 0 Å². The van der Waals surface area contributed by atoms with Gasteiger partial charge in [0.15, 0.2) is 6.61 Å². The zero-order valence-electron chi connectivity index (χ0n) is 17.0. The first-order chi connectivity index (χ1) is 14.8. The second-order valence-corrected chi connectivity index (χ2v) is 7.94. The summed E-state index contributed by atoms with van der Waals surface area (Å²) in [5.41, 5.74) is 1.91. The van der Waals surface area contributed by atoms with Gasteiger partial charge in [0.25, 0.3) is 5.91 Å². The average Bonchev–Trinajstić information content (AvgIpc) is 2.75. The Morgan fingerprint density at radius 2 is 1.68 bits per heavy atom. The first kappa shape index (κ1) is 22.7. The molecule has 1 amide bonds. The molecule has 0 unspecified atom stereocenters. The van der Waals surface area contributed by atoms with E-state index in [0.717, 1.165) is 5.56 Å². The third-order valence-electron chi connectivity index (χ3n) is 4.41. The molecule has 0 saturated carbocycles. The second kappa shape index (κ2) is 10.3. The Morgan fingerprint density at radius 3 is 2.39 bits per heavy atom. The van der Waals surface area contributed by atoms with Gasteiger partial charge in [0, 0.05) is 10.6 Å². The molecule has 5 nitrogen and oxygen atoms in total. The number of ether oxygens (including phenoxy) is 2. The van der Waals surface area contributed by atoms with E-state index in [4.69, 9.17) is 32.7 Å². The molecule has 31 heavy (non-hydrogen) atoms. The fourth-order valence-electron chi connectivity index (χ4n) is 2.73. The van der Waals surface area contributed by atoms with Crippen LogP contribution in [0.25, 0.3) is 0 Å². The third-order valence-corrected chi connectivity index (χ3v) is 4.97. The molecule has 0 saturated heterocycles. The predicted octanol–water partition coefficient (Wildman–Crippen LogP) is 6.35. The van der Waals surface area contributed by atoms with Crippen LogP contribution in [0.2, 0.25) is 10.0 Å². The molecule has 160 valence electrons. The second-order valence-electron chi connectivity index (χ2n) is 7.09. The highest BCUT2D eigenvalue weighted by atomic mass is 35.5. The monoisotopic (exact) mass is 457 g/mol. The minimum Gasteiger partial charge on any atom is -0.482 e. The fraction of sp³-hybridized carbons (Fsp3) is 0.167. The maximum atomic E-state index is 12.4. The smallest absolute Gasteiger partial charge is 0.349 e. The summed E-state index contributed by atoms with van der Waals surface area (Å²) in [6.45, 7) is 3.94. The Bertz CT molecular complexity index is 1080. The number of rotatable bonds is 7. The molecular formula is C24H21Cl2NO4. The number of esters is 1. The van der Waals surface area contributed by atoms with Crippen molar-refractivity contribution in [1.29, 1.82) is 0 Å². The van der Waals surface area contributed by atoms with Crippen molar-refractivity contribution in [2.45, 2.75) is 19.8 Å². The lowest BCUT2D eigenvalue weighted by molar-refractivity contribution is -0.136. The van der Waals surface area contributed by atoms with Gasteiger partial charge in [0.2, 0.25) is 0 Å². The van der Waals surface area contributed by atoms with E-state index in [9.17, 15) is 9.59 Å². The first-order valence-corrected chi connectivity index (χ1v) is 10.4. The number of carbonyl (C=O) groups excluding carboxylic acids is 2. The van der Waals surface area contributed by atoms with Crippen molar-refractivity contribution in [3.05, 3.63) is 87.9 Å². The zero-order chi connectivity index (χ0) is 22.4. The van der Waals surface area contributed by atoms with Crippen LogP contribution < -0.4 is 14.8 Å². The molecule has 0 aliphatic heterocycles. The van der Waals surface area contributed by atoms with E-state index < -0.39 is 5.97 Å². The van der Waals surface area contributed by atoms with Crippen LogP contribution in [0.4, 0.5) is 5.69 Å². The first-order valence-electron chi connectivity index (χ1n) is 9.61. The zero-order valence-corrected chi connectivity index (χ0v) is 18.5. The lowest BCUT2D eigenvalue weighted by atomic mass is 10.0. The summed E-state index contributed by atoms with van der Waals surface area (Å²) in [5.74, 6) is 0.367. The highest BCUT2D eigenvalue weighted by Crippen LogP contribution is 2.26. The third kappa shape index (κ3) is 6.48. The van der Waals surface area contributed by atoms with Gasteiger partial charge in [-0.1, -0.05) is 49.2 Å². The van der Waals surface area contributed by atoms with Crippen LogP contribution in [-0.2, 0) is 4.79 Å². The van der Waals surface area contributed by atoms with Crippen LogP contribution in [0.3, 0.4) is 0 Å². The number of amides is 1. The Kier molecular flexibility index (Phi) is 7.55. The maximum Gasteiger partial charge on any atom is 0.349 e. The van der Waals surface area contributed by atoms with E-state index in [1.54, 1.807) is 36.4 Å². The molecule has 0 aliphatic carbocycles. The SMILES string of the molecule is CC(C)c1cccc(OCC(=O)Oc2ccc(C(=O)Nc3cc(Cl)ccc3Cl)cc2)c1. The van der Waals surface area contributed by atoms with Gasteiger partial charge >= 0.3 is 5.97 Å². The van der Waals surface area contributed by atoms with Crippen molar-refractivity contribution in [1.82, 2.24) is 0 Å². The molecule has 7 heteroatoms. The number of anilines is 1. The van der Waals surface area contributed by atoms with E-state index in [2.05, 4.69) is 19.2 Å². The minimum atomic E-state index is -0.544. The quantitative estimate of drug-likeness (QED) is 0.331. The van der Waals surface area contributed by atoms with Crippen LogP contribution in [0.1, 0.15) is 35.7 Å². The van der Waals surface area contributed by atoms with E-state index >= 15 is 0 Å². The molecule has 0 heterocycles. The normalized spacial score (nSPS) is 10.6. The van der Waals surface area contributed by atoms with E-state index in [1.807, 2.05) is 18.2 Å². The van der Waals surface area contributed by atoms with Gasteiger partial charge in [0.05, 0.1) is 10.7 Å². The minimum absolute atomic E-state index is 0.225. The number of hydrogen-bond acceptors (Lipinski definition) is 4. The Balaban J connectivity index is 1.55. The van der Waals surface area contributed by atoms with Crippen LogP contribution in [0.5, 0.6) is 11.5 Å². The lowest BCUT2D eigenvalue weighted by Gasteiger charge is -2.10. The van der Waals surface area contributed by atoms with Gasteiger partial charge in [0.1, 0.15) is 11.5 Å². The van der Waals surface area contributed by atoms with E-state index in [0.29, 0.717) is 38.7 Å². The van der Waals surface area contributed by atoms with E-state index in [1.165, 1.54) is 12.1 Å². The van der Waals surface area contributed by atoms with Crippen LogP contribution in [0.15, 0.2) is 66.7 Å². The highest BCUT2D eigenvalue weighted by molar-refractivity contribution is 6.35. The molecule has 0 bridgehead atoms. The number of carbonyl (C=O) groups is 2. The Labute approximate surface area is 190 Å². The van der Waals surface area contributed by atoms with Crippen LogP contribution in [-0.4, -0.2) is 18.5 Å². The summed E-state index contributed by atoms with van der Waals surface area (Å²) >= 11 is 12.0. The highest BCUT2D eigenvalue weighted by Gasteiger charge is 2.11. The maximum absolute atomic E-state index is 12.4. The molecule has 0 radical (unpaired) electrons. The molecule has 0 aliphatic rings. The summed E-state index contributed by atoms with van der Waals surface area (Å²) < 4.78 is 10.8. The molecule has 0 spiro atoms. The molecular weight excluding hydrogens is 437 g/mol. The number of benzene rings is 3. The molecule has 3 rings (SSSR count). The van der Waals surface area contributed by atoms with Gasteiger partial charge in [-0.25, -0.2) is 4.79 Å². The van der Waals surface area contributed by atoms with Crippen LogP contribution >= 0.6 is 23.2 Å². The predicted molar refractivity (Wildman–Crippen MR) is 123 cm³/mol. The average molecular weight is 458 g/mol. The number of halogens is 2.